The molecular formula is C16H16ClNO2S. The molecule has 1 aromatic heterocycles. The highest BCUT2D eigenvalue weighted by Crippen LogP contribution is 2.37. The summed E-state index contributed by atoms with van der Waals surface area (Å²) in [6, 6.07) is 7.70. The summed E-state index contributed by atoms with van der Waals surface area (Å²) in [6.07, 6.45) is 0. The molecule has 21 heavy (non-hydrogen) atoms. The Bertz CT molecular complexity index is 676. The molecule has 2 heterocycles. The number of alkyl halides is 1. The molecule has 0 bridgehead atoms. The van der Waals surface area contributed by atoms with Crippen LogP contribution in [-0.2, 0) is 0 Å². The maximum atomic E-state index is 12.0. The molecule has 0 saturated carbocycles. The molecule has 3 rings (SSSR count). The van der Waals surface area contributed by atoms with Gasteiger partial charge >= 0.3 is 0 Å². The lowest BCUT2D eigenvalue weighted by Gasteiger charge is -2.11. The molecule has 1 amide bonds. The maximum absolute atomic E-state index is 12.0. The van der Waals surface area contributed by atoms with Gasteiger partial charge in [-0.05, 0) is 43.2 Å². The number of amides is 1. The van der Waals surface area contributed by atoms with Gasteiger partial charge in [-0.15, -0.1) is 22.9 Å². The average Bonchev–Trinajstić information content (AvgIpc) is 2.70. The Labute approximate surface area is 132 Å². The largest absolute Gasteiger partial charge is 0.491 e. The molecule has 0 radical (unpaired) electrons. The Kier molecular flexibility index (Phi) is 3.91. The number of nitrogens with one attached hydrogen (secondary N) is 1. The number of carbonyl (C=O) groups is 1. The first-order valence-electron chi connectivity index (χ1n) is 6.82. The van der Waals surface area contributed by atoms with E-state index in [4.69, 9.17) is 16.3 Å². The molecule has 0 saturated heterocycles. The lowest BCUT2D eigenvalue weighted by molar-refractivity contribution is 0.0957. The van der Waals surface area contributed by atoms with Gasteiger partial charge in [0.15, 0.2) is 0 Å². The monoisotopic (exact) mass is 321 g/mol. The number of thiophene rings is 1. The summed E-state index contributed by atoms with van der Waals surface area (Å²) in [5.74, 6) is 0.517. The quantitative estimate of drug-likeness (QED) is 0.854. The van der Waals surface area contributed by atoms with Crippen molar-refractivity contribution in [3.8, 4) is 5.75 Å². The van der Waals surface area contributed by atoms with E-state index in [1.54, 1.807) is 11.3 Å². The van der Waals surface area contributed by atoms with Gasteiger partial charge in [-0.2, -0.15) is 0 Å². The van der Waals surface area contributed by atoms with E-state index in [1.165, 1.54) is 10.4 Å². The van der Waals surface area contributed by atoms with Crippen LogP contribution in [0.3, 0.4) is 0 Å². The Morgan fingerprint density at radius 1 is 1.33 bits per heavy atom. The summed E-state index contributed by atoms with van der Waals surface area (Å²) in [6.45, 7) is 5.19. The van der Waals surface area contributed by atoms with E-state index >= 15 is 0 Å². The Morgan fingerprint density at radius 2 is 2.14 bits per heavy atom. The molecule has 110 valence electrons. The molecule has 5 heteroatoms. The molecule has 1 atom stereocenters. The number of halogens is 1. The normalized spacial score (nSPS) is 15.7. The molecule has 1 aliphatic rings. The van der Waals surface area contributed by atoms with E-state index in [-0.39, 0.29) is 11.3 Å². The van der Waals surface area contributed by atoms with Gasteiger partial charge in [0.25, 0.3) is 5.91 Å². The van der Waals surface area contributed by atoms with E-state index in [2.05, 4.69) is 25.2 Å². The maximum Gasteiger partial charge on any atom is 0.255 e. The van der Waals surface area contributed by atoms with Crippen LogP contribution in [0.5, 0.6) is 5.75 Å². The van der Waals surface area contributed by atoms with Crippen LogP contribution in [0.15, 0.2) is 24.3 Å². The Hall–Kier alpha value is -1.52. The van der Waals surface area contributed by atoms with E-state index in [1.807, 2.05) is 18.2 Å². The van der Waals surface area contributed by atoms with Gasteiger partial charge in [0.1, 0.15) is 12.4 Å². The second-order valence-electron chi connectivity index (χ2n) is 5.11. The zero-order chi connectivity index (χ0) is 15.0. The van der Waals surface area contributed by atoms with Crippen LogP contribution in [0.4, 0.5) is 0 Å². The SMILES string of the molecule is Cc1cc(C(Cl)c2ccc3c(c2)C(=O)NCCO3)sc1C. The molecule has 0 aliphatic carbocycles. The van der Waals surface area contributed by atoms with Crippen molar-refractivity contribution in [2.75, 3.05) is 13.2 Å². The lowest BCUT2D eigenvalue weighted by atomic mass is 10.0. The van der Waals surface area contributed by atoms with Crippen LogP contribution in [0.1, 0.15) is 36.6 Å². The van der Waals surface area contributed by atoms with Gasteiger partial charge in [-0.25, -0.2) is 0 Å². The van der Waals surface area contributed by atoms with Gasteiger partial charge in [-0.3, -0.25) is 4.79 Å². The van der Waals surface area contributed by atoms with Gasteiger partial charge in [0.2, 0.25) is 0 Å². The van der Waals surface area contributed by atoms with Crippen molar-refractivity contribution in [1.82, 2.24) is 5.32 Å². The third-order valence-electron chi connectivity index (χ3n) is 3.62. The summed E-state index contributed by atoms with van der Waals surface area (Å²) < 4.78 is 5.56. The zero-order valence-corrected chi connectivity index (χ0v) is 13.5. The summed E-state index contributed by atoms with van der Waals surface area (Å²) >= 11 is 8.28. The number of aryl methyl sites for hydroxylation is 2. The number of ether oxygens (including phenoxy) is 1. The van der Waals surface area contributed by atoms with E-state index in [9.17, 15) is 4.79 Å². The van der Waals surface area contributed by atoms with Crippen molar-refractivity contribution in [3.63, 3.8) is 0 Å². The summed E-state index contributed by atoms with van der Waals surface area (Å²) in [7, 11) is 0. The Balaban J connectivity index is 1.97. The summed E-state index contributed by atoms with van der Waals surface area (Å²) in [4.78, 5) is 14.4. The lowest BCUT2D eigenvalue weighted by Crippen LogP contribution is -2.24. The molecule has 1 aliphatic heterocycles. The molecule has 1 unspecified atom stereocenters. The number of hydrogen-bond donors (Lipinski definition) is 1. The van der Waals surface area contributed by atoms with Crippen molar-refractivity contribution >= 4 is 28.8 Å². The number of fused-ring (bicyclic) bond motifs is 1. The zero-order valence-electron chi connectivity index (χ0n) is 11.9. The van der Waals surface area contributed by atoms with Gasteiger partial charge < -0.3 is 10.1 Å². The second kappa shape index (κ2) is 5.70. The molecule has 0 fully saturated rings. The first kappa shape index (κ1) is 14.4. The van der Waals surface area contributed by atoms with Gasteiger partial charge in [0, 0.05) is 9.75 Å². The van der Waals surface area contributed by atoms with Crippen LogP contribution >= 0.6 is 22.9 Å². The average molecular weight is 322 g/mol. The molecule has 2 aromatic rings. The third-order valence-corrected chi connectivity index (χ3v) is 5.45. The fourth-order valence-electron chi connectivity index (χ4n) is 2.32. The first-order chi connectivity index (χ1) is 10.1. The highest BCUT2D eigenvalue weighted by Gasteiger charge is 2.20. The molecule has 3 nitrogen and oxygen atoms in total. The molecular weight excluding hydrogens is 306 g/mol. The fourth-order valence-corrected chi connectivity index (χ4v) is 3.70. The van der Waals surface area contributed by atoms with Gasteiger partial charge in [0.05, 0.1) is 17.5 Å². The highest BCUT2D eigenvalue weighted by molar-refractivity contribution is 7.12. The smallest absolute Gasteiger partial charge is 0.255 e. The predicted molar refractivity (Wildman–Crippen MR) is 85.8 cm³/mol. The van der Waals surface area contributed by atoms with Crippen LogP contribution in [0, 0.1) is 13.8 Å². The fraction of sp³-hybridized carbons (Fsp3) is 0.312. The highest BCUT2D eigenvalue weighted by atomic mass is 35.5. The number of benzene rings is 1. The van der Waals surface area contributed by atoms with Crippen LogP contribution in [0.2, 0.25) is 0 Å². The van der Waals surface area contributed by atoms with Crippen molar-refractivity contribution in [2.45, 2.75) is 19.2 Å². The Morgan fingerprint density at radius 3 is 2.86 bits per heavy atom. The third kappa shape index (κ3) is 2.78. The van der Waals surface area contributed by atoms with Crippen LogP contribution in [0.25, 0.3) is 0 Å². The summed E-state index contributed by atoms with van der Waals surface area (Å²) in [5, 5.41) is 2.57. The molecule has 0 spiro atoms. The van der Waals surface area contributed by atoms with Crippen molar-refractivity contribution in [2.24, 2.45) is 0 Å². The van der Waals surface area contributed by atoms with Crippen molar-refractivity contribution < 1.29 is 9.53 Å². The second-order valence-corrected chi connectivity index (χ2v) is 6.83. The van der Waals surface area contributed by atoms with Gasteiger partial charge in [-0.1, -0.05) is 6.07 Å². The number of carbonyl (C=O) groups excluding carboxylic acids is 1. The van der Waals surface area contributed by atoms with E-state index in [0.29, 0.717) is 24.5 Å². The number of rotatable bonds is 2. The minimum absolute atomic E-state index is 0.105. The van der Waals surface area contributed by atoms with E-state index in [0.717, 1.165) is 10.4 Å². The first-order valence-corrected chi connectivity index (χ1v) is 8.07. The minimum atomic E-state index is -0.247. The summed E-state index contributed by atoms with van der Waals surface area (Å²) in [5.41, 5.74) is 2.72. The minimum Gasteiger partial charge on any atom is -0.491 e. The molecule has 1 aromatic carbocycles. The number of hydrogen-bond acceptors (Lipinski definition) is 3. The topological polar surface area (TPSA) is 38.3 Å². The predicted octanol–water partition coefficient (Wildman–Crippen LogP) is 3.82. The van der Waals surface area contributed by atoms with E-state index < -0.39 is 0 Å². The standard InChI is InChI=1S/C16H16ClNO2S/c1-9-7-14(21-10(9)2)15(17)11-3-4-13-12(8-11)16(19)18-5-6-20-13/h3-4,7-8,15H,5-6H2,1-2H3,(H,18,19). The van der Waals surface area contributed by atoms with Crippen LogP contribution < -0.4 is 10.1 Å². The molecule has 1 N–H and O–H groups in total. The van der Waals surface area contributed by atoms with Crippen molar-refractivity contribution in [3.05, 3.63) is 50.7 Å². The van der Waals surface area contributed by atoms with Crippen LogP contribution in [-0.4, -0.2) is 19.1 Å². The van der Waals surface area contributed by atoms with Crippen molar-refractivity contribution in [1.29, 1.82) is 0 Å².